The van der Waals surface area contributed by atoms with Crippen LogP contribution in [0, 0.1) is 0 Å². The molecular weight excluding hydrogens is 313 g/mol. The van der Waals surface area contributed by atoms with Crippen LogP contribution in [0.4, 0.5) is 13.2 Å². The maximum atomic E-state index is 12.2. The van der Waals surface area contributed by atoms with Gasteiger partial charge in [-0.1, -0.05) is 6.92 Å². The lowest BCUT2D eigenvalue weighted by atomic mass is 10.1. The van der Waals surface area contributed by atoms with Crippen molar-refractivity contribution < 1.29 is 13.2 Å². The topological polar surface area (TPSA) is 39.7 Å². The van der Waals surface area contributed by atoms with Gasteiger partial charge in [-0.05, 0) is 35.4 Å². The lowest BCUT2D eigenvalue weighted by Crippen LogP contribution is -2.43. The maximum absolute atomic E-state index is 12.2. The minimum absolute atomic E-state index is 0.292. The third-order valence-electron chi connectivity index (χ3n) is 3.15. The largest absolute Gasteiger partial charge is 0.401 e. The fourth-order valence-corrected chi connectivity index (χ4v) is 2.68. The lowest BCUT2D eigenvalue weighted by molar-refractivity contribution is -0.142. The number of hydrogen-bond acceptors (Lipinski definition) is 3. The normalized spacial score (nSPS) is 14.2. The summed E-state index contributed by atoms with van der Waals surface area (Å²) in [6, 6.07) is 2.08. The number of nitrogens with one attached hydrogen (secondary N) is 2. The zero-order valence-corrected chi connectivity index (χ0v) is 13.9. The first-order chi connectivity index (χ1) is 10.3. The molecule has 0 aliphatic carbocycles. The molecular formula is C14H23F3N4S. The molecule has 22 heavy (non-hydrogen) atoms. The first kappa shape index (κ1) is 18.8. The van der Waals surface area contributed by atoms with Gasteiger partial charge in [-0.25, -0.2) is 0 Å². The molecule has 0 aliphatic heterocycles. The van der Waals surface area contributed by atoms with Gasteiger partial charge in [0.15, 0.2) is 5.96 Å². The van der Waals surface area contributed by atoms with Crippen molar-refractivity contribution in [2.75, 3.05) is 40.3 Å². The van der Waals surface area contributed by atoms with Crippen LogP contribution in [0.1, 0.15) is 18.4 Å². The summed E-state index contributed by atoms with van der Waals surface area (Å²) in [7, 11) is 3.09. The van der Waals surface area contributed by atoms with Gasteiger partial charge in [-0.3, -0.25) is 9.89 Å². The zero-order chi connectivity index (χ0) is 16.6. The van der Waals surface area contributed by atoms with Crippen LogP contribution in [0.5, 0.6) is 0 Å². The summed E-state index contributed by atoms with van der Waals surface area (Å²) < 4.78 is 36.6. The van der Waals surface area contributed by atoms with E-state index >= 15 is 0 Å². The van der Waals surface area contributed by atoms with E-state index in [4.69, 9.17) is 0 Å². The van der Waals surface area contributed by atoms with Crippen LogP contribution < -0.4 is 10.6 Å². The molecule has 1 aromatic rings. The predicted molar refractivity (Wildman–Crippen MR) is 85.7 cm³/mol. The van der Waals surface area contributed by atoms with Crippen LogP contribution in [0.15, 0.2) is 21.8 Å². The summed E-state index contributed by atoms with van der Waals surface area (Å²) in [5.41, 5.74) is 1.26. The number of halogens is 3. The average Bonchev–Trinajstić information content (AvgIpc) is 2.94. The Bertz CT molecular complexity index is 445. The van der Waals surface area contributed by atoms with Crippen molar-refractivity contribution in [2.24, 2.45) is 4.99 Å². The van der Waals surface area contributed by atoms with Crippen molar-refractivity contribution in [3.05, 3.63) is 22.4 Å². The van der Waals surface area contributed by atoms with Crippen LogP contribution >= 0.6 is 11.3 Å². The first-order valence-corrected chi connectivity index (χ1v) is 7.98. The van der Waals surface area contributed by atoms with Crippen LogP contribution in [0.25, 0.3) is 0 Å². The molecule has 1 atom stereocenters. The van der Waals surface area contributed by atoms with Gasteiger partial charge in [-0.15, -0.1) is 0 Å². The van der Waals surface area contributed by atoms with Gasteiger partial charge >= 0.3 is 6.18 Å². The van der Waals surface area contributed by atoms with Crippen molar-refractivity contribution in [3.8, 4) is 0 Å². The molecule has 2 N–H and O–H groups in total. The van der Waals surface area contributed by atoms with Crippen LogP contribution in [0.3, 0.4) is 0 Å². The van der Waals surface area contributed by atoms with Gasteiger partial charge in [0.05, 0.1) is 6.54 Å². The van der Waals surface area contributed by atoms with Gasteiger partial charge in [0.2, 0.25) is 0 Å². The molecule has 1 heterocycles. The number of nitrogens with zero attached hydrogens (tertiary/aromatic N) is 2. The van der Waals surface area contributed by atoms with Crippen molar-refractivity contribution in [3.63, 3.8) is 0 Å². The van der Waals surface area contributed by atoms with Crippen molar-refractivity contribution in [1.29, 1.82) is 0 Å². The van der Waals surface area contributed by atoms with Crippen LogP contribution in [0.2, 0.25) is 0 Å². The number of guanidine groups is 1. The monoisotopic (exact) mass is 336 g/mol. The Morgan fingerprint density at radius 1 is 1.41 bits per heavy atom. The Kier molecular flexibility index (Phi) is 7.67. The average molecular weight is 336 g/mol. The Morgan fingerprint density at radius 3 is 2.68 bits per heavy atom. The van der Waals surface area contributed by atoms with E-state index in [2.05, 4.69) is 34.0 Å². The van der Waals surface area contributed by atoms with Crippen LogP contribution in [-0.4, -0.2) is 57.3 Å². The summed E-state index contributed by atoms with van der Waals surface area (Å²) in [4.78, 5) is 5.30. The molecule has 126 valence electrons. The van der Waals surface area contributed by atoms with E-state index in [0.717, 1.165) is 6.54 Å². The number of rotatable bonds is 7. The van der Waals surface area contributed by atoms with Gasteiger partial charge in [-0.2, -0.15) is 24.5 Å². The molecule has 1 rings (SSSR count). The lowest BCUT2D eigenvalue weighted by Gasteiger charge is -2.20. The quantitative estimate of drug-likeness (QED) is 0.594. The third-order valence-corrected chi connectivity index (χ3v) is 3.85. The minimum atomic E-state index is -4.16. The predicted octanol–water partition coefficient (Wildman–Crippen LogP) is 2.51. The molecule has 0 fully saturated rings. The Labute approximate surface area is 133 Å². The molecule has 0 spiro atoms. The second-order valence-electron chi connectivity index (χ2n) is 5.19. The van der Waals surface area contributed by atoms with Gasteiger partial charge in [0.1, 0.15) is 0 Å². The molecule has 0 saturated carbocycles. The molecule has 0 bridgehead atoms. The van der Waals surface area contributed by atoms with Gasteiger partial charge in [0, 0.05) is 26.7 Å². The highest BCUT2D eigenvalue weighted by Gasteiger charge is 2.28. The SMILES string of the molecule is CN=C(NCCN(C)CC(F)(F)F)NCC(C)c1ccsc1. The molecule has 0 radical (unpaired) electrons. The fraction of sp³-hybridized carbons (Fsp3) is 0.643. The standard InChI is InChI=1S/C14H23F3N4S/c1-11(12-4-7-22-9-12)8-20-13(18-2)19-5-6-21(3)10-14(15,16)17/h4,7,9,11H,5-6,8,10H2,1-3H3,(H2,18,19,20). The minimum Gasteiger partial charge on any atom is -0.356 e. The number of aliphatic imine (C=N–C) groups is 1. The molecule has 0 amide bonds. The Hall–Kier alpha value is -1.28. The number of hydrogen-bond donors (Lipinski definition) is 2. The number of thiophene rings is 1. The summed E-state index contributed by atoms with van der Waals surface area (Å²) >= 11 is 1.66. The van der Waals surface area contributed by atoms with Crippen molar-refractivity contribution in [2.45, 2.75) is 19.0 Å². The van der Waals surface area contributed by atoms with E-state index in [9.17, 15) is 13.2 Å². The molecule has 1 aromatic heterocycles. The van der Waals surface area contributed by atoms with Crippen molar-refractivity contribution in [1.82, 2.24) is 15.5 Å². The first-order valence-electron chi connectivity index (χ1n) is 7.03. The highest BCUT2D eigenvalue weighted by molar-refractivity contribution is 7.07. The van der Waals surface area contributed by atoms with Crippen LogP contribution in [-0.2, 0) is 0 Å². The highest BCUT2D eigenvalue weighted by Crippen LogP contribution is 2.17. The molecule has 8 heteroatoms. The fourth-order valence-electron chi connectivity index (χ4n) is 1.89. The van der Waals surface area contributed by atoms with E-state index in [1.54, 1.807) is 18.4 Å². The summed E-state index contributed by atoms with van der Waals surface area (Å²) in [6.07, 6.45) is -4.16. The van der Waals surface area contributed by atoms with Crippen molar-refractivity contribution >= 4 is 17.3 Å². The highest BCUT2D eigenvalue weighted by atomic mass is 32.1. The molecule has 4 nitrogen and oxygen atoms in total. The van der Waals surface area contributed by atoms with E-state index in [1.165, 1.54) is 17.5 Å². The molecule has 0 saturated heterocycles. The number of alkyl halides is 3. The zero-order valence-electron chi connectivity index (χ0n) is 13.1. The Morgan fingerprint density at radius 2 is 2.14 bits per heavy atom. The Balaban J connectivity index is 2.25. The van der Waals surface area contributed by atoms with E-state index < -0.39 is 12.7 Å². The van der Waals surface area contributed by atoms with Gasteiger partial charge in [0.25, 0.3) is 0 Å². The van der Waals surface area contributed by atoms with E-state index in [0.29, 0.717) is 25.0 Å². The summed E-state index contributed by atoms with van der Waals surface area (Å²) in [5.74, 6) is 0.945. The smallest absolute Gasteiger partial charge is 0.356 e. The molecule has 0 aromatic carbocycles. The maximum Gasteiger partial charge on any atom is 0.401 e. The van der Waals surface area contributed by atoms with Gasteiger partial charge < -0.3 is 10.6 Å². The summed E-state index contributed by atoms with van der Waals surface area (Å²) in [6.45, 7) is 2.61. The molecule has 0 aliphatic rings. The number of likely N-dealkylation sites (N-methyl/N-ethyl adjacent to an activating group) is 1. The summed E-state index contributed by atoms with van der Waals surface area (Å²) in [5, 5.41) is 10.3. The molecule has 1 unspecified atom stereocenters. The van der Waals surface area contributed by atoms with E-state index in [-0.39, 0.29) is 0 Å². The second-order valence-corrected chi connectivity index (χ2v) is 5.97. The third kappa shape index (κ3) is 7.65. The van der Waals surface area contributed by atoms with E-state index in [1.807, 2.05) is 5.38 Å². The second kappa shape index (κ2) is 8.99.